The van der Waals surface area contributed by atoms with Gasteiger partial charge in [-0.2, -0.15) is 0 Å². The van der Waals surface area contributed by atoms with Gasteiger partial charge in [0.05, 0.1) is 11.9 Å². The first-order valence-electron chi connectivity index (χ1n) is 9.62. The molecule has 7 heteroatoms. The number of hydrogen-bond donors (Lipinski definition) is 2. The molecule has 0 bridgehead atoms. The van der Waals surface area contributed by atoms with Gasteiger partial charge in [0.25, 0.3) is 5.56 Å². The van der Waals surface area contributed by atoms with Crippen LogP contribution >= 0.6 is 0 Å². The molecule has 7 nitrogen and oxygen atoms in total. The lowest BCUT2D eigenvalue weighted by Crippen LogP contribution is -2.25. The lowest BCUT2D eigenvalue weighted by atomic mass is 10.0. The first kappa shape index (κ1) is 20.2. The zero-order valence-electron chi connectivity index (χ0n) is 16.7. The third-order valence-electron chi connectivity index (χ3n) is 5.14. The van der Waals surface area contributed by atoms with E-state index in [1.165, 1.54) is 11.6 Å². The van der Waals surface area contributed by atoms with E-state index in [0.29, 0.717) is 17.0 Å². The van der Waals surface area contributed by atoms with Crippen LogP contribution in [0.1, 0.15) is 23.2 Å². The second kappa shape index (κ2) is 7.95. The molecule has 0 fully saturated rings. The van der Waals surface area contributed by atoms with Gasteiger partial charge in [0.1, 0.15) is 22.8 Å². The van der Waals surface area contributed by atoms with Crippen molar-refractivity contribution in [2.45, 2.75) is 12.8 Å². The van der Waals surface area contributed by atoms with Gasteiger partial charge in [0.15, 0.2) is 5.78 Å². The molecular formula is C24H19NO6. The molecule has 0 aliphatic heterocycles. The van der Waals surface area contributed by atoms with Crippen LogP contribution in [0, 0.1) is 0 Å². The number of carbonyl (C=O) groups excluding carboxylic acids is 1. The van der Waals surface area contributed by atoms with E-state index in [9.17, 15) is 19.5 Å². The summed E-state index contributed by atoms with van der Waals surface area (Å²) in [7, 11) is 1.49. The van der Waals surface area contributed by atoms with Crippen molar-refractivity contribution < 1.29 is 24.5 Å². The number of aromatic nitrogens is 1. The summed E-state index contributed by atoms with van der Waals surface area (Å²) in [5.74, 6) is -1.34. The standard InChI is InChI=1S/C24H19NO6/c1-25-19-9-8-17(31-16-7-6-14-4-2-3-5-15(14)12-16)13-18(19)23(29)22(24(25)30)20(26)10-11-21(27)28/h2-9,12-13,29H,10-11H2,1H3,(H,27,28). The van der Waals surface area contributed by atoms with Crippen LogP contribution in [0.25, 0.3) is 21.7 Å². The van der Waals surface area contributed by atoms with E-state index >= 15 is 0 Å². The van der Waals surface area contributed by atoms with Crippen molar-refractivity contribution in [3.05, 3.63) is 76.6 Å². The molecule has 31 heavy (non-hydrogen) atoms. The van der Waals surface area contributed by atoms with Gasteiger partial charge < -0.3 is 19.5 Å². The number of ether oxygens (including phenoxy) is 1. The molecule has 0 saturated carbocycles. The predicted octanol–water partition coefficient (Wildman–Crippen LogP) is 4.24. The first-order valence-corrected chi connectivity index (χ1v) is 9.62. The molecule has 0 atom stereocenters. The highest BCUT2D eigenvalue weighted by atomic mass is 16.5. The Morgan fingerprint density at radius 3 is 2.35 bits per heavy atom. The molecule has 0 amide bonds. The maximum Gasteiger partial charge on any atom is 0.303 e. The zero-order valence-corrected chi connectivity index (χ0v) is 16.7. The number of ketones is 1. The van der Waals surface area contributed by atoms with E-state index in [4.69, 9.17) is 9.84 Å². The number of aliphatic carboxylic acids is 1. The minimum Gasteiger partial charge on any atom is -0.506 e. The Hall–Kier alpha value is -4.13. The molecule has 0 unspecified atom stereocenters. The summed E-state index contributed by atoms with van der Waals surface area (Å²) in [6.07, 6.45) is -0.804. The Labute approximate surface area is 176 Å². The van der Waals surface area contributed by atoms with Gasteiger partial charge in [-0.05, 0) is 41.1 Å². The van der Waals surface area contributed by atoms with Gasteiger partial charge in [0, 0.05) is 18.9 Å². The highest BCUT2D eigenvalue weighted by molar-refractivity contribution is 6.04. The van der Waals surface area contributed by atoms with Crippen molar-refractivity contribution in [3.8, 4) is 17.2 Å². The SMILES string of the molecule is Cn1c(=O)c(C(=O)CCC(=O)O)c(O)c2cc(Oc3ccc4ccccc4c3)ccc21. The van der Waals surface area contributed by atoms with Crippen molar-refractivity contribution in [1.29, 1.82) is 0 Å². The lowest BCUT2D eigenvalue weighted by Gasteiger charge is -2.13. The normalized spacial score (nSPS) is 11.0. The van der Waals surface area contributed by atoms with Crippen LogP contribution in [-0.4, -0.2) is 26.5 Å². The van der Waals surface area contributed by atoms with Crippen LogP contribution in [0.2, 0.25) is 0 Å². The number of aryl methyl sites for hydroxylation is 1. The van der Waals surface area contributed by atoms with E-state index in [1.54, 1.807) is 18.2 Å². The summed E-state index contributed by atoms with van der Waals surface area (Å²) in [6, 6.07) is 18.4. The van der Waals surface area contributed by atoms with Gasteiger partial charge in [-0.25, -0.2) is 0 Å². The molecule has 2 N–H and O–H groups in total. The second-order valence-corrected chi connectivity index (χ2v) is 7.19. The number of carboxylic acid groups (broad SMARTS) is 1. The van der Waals surface area contributed by atoms with Gasteiger partial charge in [-0.3, -0.25) is 14.4 Å². The molecule has 0 aliphatic rings. The summed E-state index contributed by atoms with van der Waals surface area (Å²) >= 11 is 0. The largest absolute Gasteiger partial charge is 0.506 e. The molecule has 156 valence electrons. The summed E-state index contributed by atoms with van der Waals surface area (Å²) < 4.78 is 7.19. The average molecular weight is 417 g/mol. The van der Waals surface area contributed by atoms with E-state index in [0.717, 1.165) is 10.8 Å². The van der Waals surface area contributed by atoms with Gasteiger partial charge >= 0.3 is 5.97 Å². The predicted molar refractivity (Wildman–Crippen MR) is 116 cm³/mol. The van der Waals surface area contributed by atoms with E-state index in [2.05, 4.69) is 0 Å². The number of nitrogens with zero attached hydrogens (tertiary/aromatic N) is 1. The Morgan fingerprint density at radius 2 is 1.61 bits per heavy atom. The van der Waals surface area contributed by atoms with Gasteiger partial charge in [0.2, 0.25) is 0 Å². The number of pyridine rings is 1. The molecule has 4 rings (SSSR count). The number of benzene rings is 3. The molecule has 0 aliphatic carbocycles. The average Bonchev–Trinajstić information content (AvgIpc) is 2.76. The molecular weight excluding hydrogens is 398 g/mol. The number of fused-ring (bicyclic) bond motifs is 2. The molecule has 1 aromatic heterocycles. The van der Waals surface area contributed by atoms with E-state index in [1.807, 2.05) is 42.5 Å². The smallest absolute Gasteiger partial charge is 0.303 e. The number of carbonyl (C=O) groups is 2. The van der Waals surface area contributed by atoms with Crippen molar-refractivity contribution in [3.63, 3.8) is 0 Å². The summed E-state index contributed by atoms with van der Waals surface area (Å²) in [5.41, 5.74) is -0.675. The maximum absolute atomic E-state index is 12.6. The third-order valence-corrected chi connectivity index (χ3v) is 5.14. The van der Waals surface area contributed by atoms with Gasteiger partial charge in [-0.1, -0.05) is 30.3 Å². The van der Waals surface area contributed by atoms with Crippen molar-refractivity contribution in [1.82, 2.24) is 4.57 Å². The van der Waals surface area contributed by atoms with Crippen molar-refractivity contribution in [2.75, 3.05) is 0 Å². The molecule has 0 spiro atoms. The van der Waals surface area contributed by atoms with Crippen LogP contribution in [0.3, 0.4) is 0 Å². The van der Waals surface area contributed by atoms with E-state index < -0.39 is 35.0 Å². The van der Waals surface area contributed by atoms with Crippen molar-refractivity contribution >= 4 is 33.4 Å². The highest BCUT2D eigenvalue weighted by Crippen LogP contribution is 2.33. The lowest BCUT2D eigenvalue weighted by molar-refractivity contribution is -0.136. The quantitative estimate of drug-likeness (QED) is 0.455. The minimum atomic E-state index is -1.16. The molecule has 0 radical (unpaired) electrons. The highest BCUT2D eigenvalue weighted by Gasteiger charge is 2.22. The molecule has 4 aromatic rings. The number of hydrogen-bond acceptors (Lipinski definition) is 5. The third kappa shape index (κ3) is 3.85. The van der Waals surface area contributed by atoms with Gasteiger partial charge in [-0.15, -0.1) is 0 Å². The number of rotatable bonds is 6. The maximum atomic E-state index is 12.6. The molecule has 0 saturated heterocycles. The van der Waals surface area contributed by atoms with Crippen LogP contribution in [0.15, 0.2) is 65.5 Å². The fourth-order valence-electron chi connectivity index (χ4n) is 3.54. The van der Waals surface area contributed by atoms with Crippen molar-refractivity contribution in [2.24, 2.45) is 7.05 Å². The monoisotopic (exact) mass is 417 g/mol. The number of carboxylic acids is 1. The first-order chi connectivity index (χ1) is 14.8. The zero-order chi connectivity index (χ0) is 22.1. The topological polar surface area (TPSA) is 106 Å². The Bertz CT molecular complexity index is 1400. The van der Waals surface area contributed by atoms with Crippen LogP contribution < -0.4 is 10.3 Å². The Kier molecular flexibility index (Phi) is 5.17. The molecule has 1 heterocycles. The Balaban J connectivity index is 1.75. The summed E-state index contributed by atoms with van der Waals surface area (Å²) in [5, 5.41) is 21.8. The second-order valence-electron chi connectivity index (χ2n) is 7.19. The van der Waals surface area contributed by atoms with E-state index in [-0.39, 0.29) is 11.8 Å². The Morgan fingerprint density at radius 1 is 0.935 bits per heavy atom. The number of Topliss-reactive ketones (excluding diaryl/α,β-unsaturated/α-hetero) is 1. The fraction of sp³-hybridized carbons (Fsp3) is 0.125. The number of aromatic hydroxyl groups is 1. The minimum absolute atomic E-state index is 0.263. The van der Waals surface area contributed by atoms with Crippen LogP contribution in [-0.2, 0) is 11.8 Å². The summed E-state index contributed by atoms with van der Waals surface area (Å²) in [4.78, 5) is 35.8. The fourth-order valence-corrected chi connectivity index (χ4v) is 3.54. The van der Waals surface area contributed by atoms with Crippen LogP contribution in [0.4, 0.5) is 0 Å². The summed E-state index contributed by atoms with van der Waals surface area (Å²) in [6.45, 7) is 0. The van der Waals surface area contributed by atoms with Crippen LogP contribution in [0.5, 0.6) is 17.2 Å². The molecule has 3 aromatic carbocycles.